The highest BCUT2D eigenvalue weighted by molar-refractivity contribution is 7.91. The molecule has 4 aromatic rings. The molecule has 0 bridgehead atoms. The Morgan fingerprint density at radius 2 is 1.83 bits per heavy atom. The van der Waals surface area contributed by atoms with E-state index in [0.717, 1.165) is 35.7 Å². The number of nitrogens with zero attached hydrogens (tertiary/aromatic N) is 3. The Morgan fingerprint density at radius 1 is 1.03 bits per heavy atom. The van der Waals surface area contributed by atoms with Crippen LogP contribution in [0.3, 0.4) is 0 Å². The van der Waals surface area contributed by atoms with Crippen LogP contribution in [0.5, 0.6) is 0 Å². The van der Waals surface area contributed by atoms with Crippen LogP contribution < -0.4 is 5.73 Å². The molecule has 0 fully saturated rings. The Hall–Kier alpha value is -2.93. The zero-order valence-electron chi connectivity index (χ0n) is 17.1. The van der Waals surface area contributed by atoms with Crippen LogP contribution in [0, 0.1) is 0 Å². The van der Waals surface area contributed by atoms with Crippen LogP contribution in [0.25, 0.3) is 21.9 Å². The summed E-state index contributed by atoms with van der Waals surface area (Å²) in [5.74, 6) is 0.485. The van der Waals surface area contributed by atoms with Crippen LogP contribution in [-0.4, -0.2) is 28.7 Å². The molecule has 156 valence electrons. The van der Waals surface area contributed by atoms with Crippen molar-refractivity contribution in [3.05, 3.63) is 60.4 Å². The molecule has 2 aromatic carbocycles. The topological polar surface area (TPSA) is 90.9 Å². The number of fused-ring (bicyclic) bond motifs is 3. The fourth-order valence-corrected chi connectivity index (χ4v) is 5.20. The lowest BCUT2D eigenvalue weighted by Crippen LogP contribution is -2.10. The van der Waals surface area contributed by atoms with Gasteiger partial charge in [0.1, 0.15) is 5.52 Å². The number of benzene rings is 2. The second-order valence-electron chi connectivity index (χ2n) is 7.53. The molecule has 0 aliphatic heterocycles. The third-order valence-electron chi connectivity index (χ3n) is 5.40. The van der Waals surface area contributed by atoms with Crippen molar-refractivity contribution < 1.29 is 8.42 Å². The predicted molar refractivity (Wildman–Crippen MR) is 121 cm³/mol. The molecule has 0 saturated heterocycles. The van der Waals surface area contributed by atoms with Gasteiger partial charge < -0.3 is 10.3 Å². The first kappa shape index (κ1) is 20.3. The summed E-state index contributed by atoms with van der Waals surface area (Å²) in [6.45, 7) is 2.72. The third-order valence-corrected chi connectivity index (χ3v) is 7.22. The Morgan fingerprint density at radius 3 is 2.60 bits per heavy atom. The van der Waals surface area contributed by atoms with Gasteiger partial charge in [-0.2, -0.15) is 0 Å². The minimum absolute atomic E-state index is 0.0812. The van der Waals surface area contributed by atoms with Crippen molar-refractivity contribution in [3.8, 4) is 0 Å². The van der Waals surface area contributed by atoms with Crippen LogP contribution in [0.4, 0.5) is 5.82 Å². The van der Waals surface area contributed by atoms with Crippen LogP contribution >= 0.6 is 0 Å². The quantitative estimate of drug-likeness (QED) is 0.455. The van der Waals surface area contributed by atoms with E-state index in [0.29, 0.717) is 29.2 Å². The maximum atomic E-state index is 12.6. The third kappa shape index (κ3) is 3.89. The van der Waals surface area contributed by atoms with Crippen molar-refractivity contribution in [2.75, 3.05) is 11.5 Å². The van der Waals surface area contributed by atoms with E-state index in [1.807, 2.05) is 22.8 Å². The highest BCUT2D eigenvalue weighted by Crippen LogP contribution is 2.31. The zero-order valence-corrected chi connectivity index (χ0v) is 17.9. The van der Waals surface area contributed by atoms with Crippen molar-refractivity contribution in [2.24, 2.45) is 0 Å². The smallest absolute Gasteiger partial charge is 0.178 e. The molecule has 7 heteroatoms. The maximum absolute atomic E-state index is 12.6. The molecule has 2 heterocycles. The Kier molecular flexibility index (Phi) is 5.72. The van der Waals surface area contributed by atoms with E-state index in [9.17, 15) is 8.42 Å². The fraction of sp³-hybridized carbons (Fsp3) is 0.304. The van der Waals surface area contributed by atoms with Crippen LogP contribution in [0.1, 0.15) is 31.7 Å². The van der Waals surface area contributed by atoms with Crippen LogP contribution in [0.2, 0.25) is 0 Å². The number of aromatic nitrogens is 3. The summed E-state index contributed by atoms with van der Waals surface area (Å²) >= 11 is 0. The first-order chi connectivity index (χ1) is 14.5. The number of aryl methyl sites for hydroxylation is 2. The number of nitrogens with two attached hydrogens (primary N) is 1. The lowest BCUT2D eigenvalue weighted by Gasteiger charge is -2.12. The largest absolute Gasteiger partial charge is 0.382 e. The second-order valence-corrected chi connectivity index (χ2v) is 9.64. The number of anilines is 1. The average molecular weight is 423 g/mol. The van der Waals surface area contributed by atoms with Gasteiger partial charge in [-0.3, -0.25) is 0 Å². The summed E-state index contributed by atoms with van der Waals surface area (Å²) in [6, 6.07) is 14.7. The standard InChI is InChI=1S/C23H26N4O2S/c1-2-3-9-17-10-7-13-19-20(17)22-21(23(24)26-19)25-16-27(22)14-8-15-30(28,29)18-11-5-4-6-12-18/h4-7,10-13,16H,2-3,8-9,14-15H2,1H3,(H2,24,26). The van der Waals surface area contributed by atoms with Crippen molar-refractivity contribution in [1.29, 1.82) is 0 Å². The van der Waals surface area contributed by atoms with Gasteiger partial charge in [0.05, 0.1) is 28.0 Å². The molecule has 2 aromatic heterocycles. The van der Waals surface area contributed by atoms with Gasteiger partial charge in [0.15, 0.2) is 15.7 Å². The summed E-state index contributed by atoms with van der Waals surface area (Å²) < 4.78 is 27.2. The average Bonchev–Trinajstić information content (AvgIpc) is 3.17. The van der Waals surface area contributed by atoms with Gasteiger partial charge in [0.25, 0.3) is 0 Å². The van der Waals surface area contributed by atoms with E-state index in [1.165, 1.54) is 5.56 Å². The number of pyridine rings is 1. The zero-order chi connectivity index (χ0) is 21.1. The number of hydrogen-bond donors (Lipinski definition) is 1. The van der Waals surface area contributed by atoms with E-state index in [2.05, 4.69) is 23.0 Å². The second kappa shape index (κ2) is 8.44. The molecule has 6 nitrogen and oxygen atoms in total. The van der Waals surface area contributed by atoms with Gasteiger partial charge >= 0.3 is 0 Å². The molecule has 0 unspecified atom stereocenters. The number of rotatable bonds is 8. The minimum Gasteiger partial charge on any atom is -0.382 e. The van der Waals surface area contributed by atoms with E-state index < -0.39 is 9.84 Å². The van der Waals surface area contributed by atoms with Gasteiger partial charge in [-0.1, -0.05) is 43.7 Å². The summed E-state index contributed by atoms with van der Waals surface area (Å²) in [7, 11) is -3.31. The Balaban J connectivity index is 1.68. The molecule has 30 heavy (non-hydrogen) atoms. The molecule has 4 rings (SSSR count). The molecule has 0 radical (unpaired) electrons. The van der Waals surface area contributed by atoms with Crippen molar-refractivity contribution in [1.82, 2.24) is 14.5 Å². The summed E-state index contributed by atoms with van der Waals surface area (Å²) in [6.07, 6.45) is 5.40. The Bertz CT molecular complexity index is 1280. The number of imidazole rings is 1. The van der Waals surface area contributed by atoms with Crippen molar-refractivity contribution in [3.63, 3.8) is 0 Å². The van der Waals surface area contributed by atoms with E-state index >= 15 is 0 Å². The SMILES string of the molecule is CCCCc1cccc2nc(N)c3ncn(CCCS(=O)(=O)c4ccccc4)c3c12. The number of sulfone groups is 1. The van der Waals surface area contributed by atoms with Crippen molar-refractivity contribution >= 4 is 37.6 Å². The first-order valence-electron chi connectivity index (χ1n) is 10.3. The van der Waals surface area contributed by atoms with Gasteiger partial charge in [-0.05, 0) is 43.0 Å². The molecule has 0 atom stereocenters. The van der Waals surface area contributed by atoms with E-state index in [1.54, 1.807) is 30.6 Å². The summed E-state index contributed by atoms with van der Waals surface area (Å²) in [5.41, 5.74) is 9.88. The van der Waals surface area contributed by atoms with Gasteiger partial charge in [-0.15, -0.1) is 0 Å². The highest BCUT2D eigenvalue weighted by atomic mass is 32.2. The number of unbranched alkanes of at least 4 members (excludes halogenated alkanes) is 1. The van der Waals surface area contributed by atoms with Crippen molar-refractivity contribution in [2.45, 2.75) is 44.0 Å². The fourth-order valence-electron chi connectivity index (χ4n) is 3.88. The normalized spacial score (nSPS) is 12.0. The molecule has 0 spiro atoms. The molecular weight excluding hydrogens is 396 g/mol. The number of hydrogen-bond acceptors (Lipinski definition) is 5. The summed E-state index contributed by atoms with van der Waals surface area (Å²) in [4.78, 5) is 9.40. The molecule has 0 aliphatic rings. The molecule has 0 saturated carbocycles. The molecular formula is C23H26N4O2S. The maximum Gasteiger partial charge on any atom is 0.178 e. The molecule has 2 N–H and O–H groups in total. The molecule has 0 amide bonds. The van der Waals surface area contributed by atoms with Crippen LogP contribution in [0.15, 0.2) is 59.8 Å². The van der Waals surface area contributed by atoms with E-state index in [4.69, 9.17) is 5.73 Å². The lowest BCUT2D eigenvalue weighted by atomic mass is 10.0. The highest BCUT2D eigenvalue weighted by Gasteiger charge is 2.17. The van der Waals surface area contributed by atoms with E-state index in [-0.39, 0.29) is 5.75 Å². The van der Waals surface area contributed by atoms with Crippen LogP contribution in [-0.2, 0) is 22.8 Å². The monoisotopic (exact) mass is 422 g/mol. The number of nitrogen functional groups attached to an aromatic ring is 1. The Labute approximate surface area is 176 Å². The lowest BCUT2D eigenvalue weighted by molar-refractivity contribution is 0.587. The predicted octanol–water partition coefficient (Wildman–Crippen LogP) is 4.37. The van der Waals surface area contributed by atoms with Gasteiger partial charge in [0.2, 0.25) is 0 Å². The first-order valence-corrected chi connectivity index (χ1v) is 12.0. The van der Waals surface area contributed by atoms with Gasteiger partial charge in [-0.25, -0.2) is 18.4 Å². The molecule has 0 aliphatic carbocycles. The minimum atomic E-state index is -3.31. The summed E-state index contributed by atoms with van der Waals surface area (Å²) in [5, 5.41) is 1.07. The van der Waals surface area contributed by atoms with Gasteiger partial charge in [0, 0.05) is 11.9 Å².